The van der Waals surface area contributed by atoms with Crippen molar-refractivity contribution in [1.29, 1.82) is 0 Å². The highest BCUT2D eigenvalue weighted by atomic mass is 16.1. The van der Waals surface area contributed by atoms with E-state index in [0.717, 1.165) is 12.0 Å². The molecule has 0 radical (unpaired) electrons. The largest absolute Gasteiger partial charge is 0.298 e. The monoisotopic (exact) mass is 260 g/mol. The molecule has 0 bridgehead atoms. The number of ketones is 1. The van der Waals surface area contributed by atoms with Crippen LogP contribution in [0.2, 0.25) is 0 Å². The summed E-state index contributed by atoms with van der Waals surface area (Å²) in [5.74, 6) is 6.82. The van der Waals surface area contributed by atoms with Gasteiger partial charge in [-0.1, -0.05) is 60.4 Å². The lowest BCUT2D eigenvalue weighted by Crippen LogP contribution is -2.12. The normalized spacial score (nSPS) is 23.6. The molecule has 1 saturated carbocycles. The number of rotatable bonds is 2. The molecular weight excluding hydrogens is 244 g/mol. The van der Waals surface area contributed by atoms with Gasteiger partial charge in [-0.2, -0.15) is 0 Å². The highest BCUT2D eigenvalue weighted by Crippen LogP contribution is 2.59. The van der Waals surface area contributed by atoms with E-state index >= 15 is 0 Å². The van der Waals surface area contributed by atoms with Crippen molar-refractivity contribution in [3.05, 3.63) is 71.8 Å². The molecule has 3 rings (SSSR count). The second kappa shape index (κ2) is 4.98. The lowest BCUT2D eigenvalue weighted by Gasteiger charge is -2.06. The Labute approximate surface area is 119 Å². The number of benzene rings is 2. The van der Waals surface area contributed by atoms with E-state index in [1.165, 1.54) is 5.56 Å². The summed E-state index contributed by atoms with van der Waals surface area (Å²) in [6.45, 7) is 1.66. The zero-order valence-electron chi connectivity index (χ0n) is 11.5. The van der Waals surface area contributed by atoms with Gasteiger partial charge in [-0.3, -0.25) is 4.79 Å². The van der Waals surface area contributed by atoms with Crippen LogP contribution in [0.5, 0.6) is 0 Å². The van der Waals surface area contributed by atoms with Gasteiger partial charge in [0.1, 0.15) is 5.78 Å². The summed E-state index contributed by atoms with van der Waals surface area (Å²) < 4.78 is 0. The summed E-state index contributed by atoms with van der Waals surface area (Å²) in [5, 5.41) is 0. The van der Waals surface area contributed by atoms with Gasteiger partial charge in [-0.15, -0.1) is 0 Å². The van der Waals surface area contributed by atoms with E-state index in [2.05, 4.69) is 24.0 Å². The summed E-state index contributed by atoms with van der Waals surface area (Å²) in [6, 6.07) is 20.0. The molecule has 1 heteroatoms. The van der Waals surface area contributed by atoms with Crippen molar-refractivity contribution < 1.29 is 4.79 Å². The van der Waals surface area contributed by atoms with E-state index < -0.39 is 5.41 Å². The third-order valence-electron chi connectivity index (χ3n) is 3.99. The van der Waals surface area contributed by atoms with Crippen LogP contribution < -0.4 is 0 Å². The van der Waals surface area contributed by atoms with Gasteiger partial charge in [0.05, 0.1) is 5.41 Å². The fourth-order valence-electron chi connectivity index (χ4n) is 2.67. The number of carbonyl (C=O) groups is 1. The molecule has 0 unspecified atom stereocenters. The van der Waals surface area contributed by atoms with Gasteiger partial charge in [-0.25, -0.2) is 0 Å². The van der Waals surface area contributed by atoms with Gasteiger partial charge in [0.15, 0.2) is 0 Å². The maximum Gasteiger partial charge on any atom is 0.148 e. The van der Waals surface area contributed by atoms with Gasteiger partial charge < -0.3 is 0 Å². The standard InChI is InChI=1S/C19H16O/c1-15(20)19(13-12-16-8-4-2-5-9-16)14-18(19)17-10-6-3-7-11-17/h2-11,18H,14H2,1H3/t18-,19-/m0/s1. The van der Waals surface area contributed by atoms with Gasteiger partial charge in [-0.05, 0) is 31.0 Å². The maximum atomic E-state index is 12.0. The molecular formula is C19H16O. The molecule has 1 fully saturated rings. The highest BCUT2D eigenvalue weighted by molar-refractivity contribution is 5.91. The molecule has 2 aromatic carbocycles. The lowest BCUT2D eigenvalue weighted by molar-refractivity contribution is -0.120. The number of hydrogen-bond donors (Lipinski definition) is 0. The maximum absolute atomic E-state index is 12.0. The molecule has 2 aromatic rings. The summed E-state index contributed by atoms with van der Waals surface area (Å²) >= 11 is 0. The molecule has 0 N–H and O–H groups in total. The van der Waals surface area contributed by atoms with Crippen LogP contribution in [-0.2, 0) is 4.79 Å². The first-order valence-corrected chi connectivity index (χ1v) is 6.86. The second-order valence-electron chi connectivity index (χ2n) is 5.31. The predicted octanol–water partition coefficient (Wildman–Crippen LogP) is 3.80. The summed E-state index contributed by atoms with van der Waals surface area (Å²) in [5.41, 5.74) is 1.70. The molecule has 0 saturated heterocycles. The Morgan fingerprint density at radius 1 is 1.05 bits per heavy atom. The SMILES string of the molecule is CC(=O)[C@]1(C#Cc2ccccc2)C[C@H]1c1ccccc1. The van der Waals surface area contributed by atoms with Crippen molar-refractivity contribution in [1.82, 2.24) is 0 Å². The molecule has 2 atom stereocenters. The third-order valence-corrected chi connectivity index (χ3v) is 3.99. The fraction of sp³-hybridized carbons (Fsp3) is 0.211. The van der Waals surface area contributed by atoms with Crippen molar-refractivity contribution in [3.63, 3.8) is 0 Å². The Balaban J connectivity index is 1.90. The van der Waals surface area contributed by atoms with Crippen molar-refractivity contribution in [3.8, 4) is 11.8 Å². The molecule has 20 heavy (non-hydrogen) atoms. The van der Waals surface area contributed by atoms with E-state index in [0.29, 0.717) is 0 Å². The molecule has 0 heterocycles. The van der Waals surface area contributed by atoms with Crippen molar-refractivity contribution in [2.45, 2.75) is 19.3 Å². The van der Waals surface area contributed by atoms with Crippen LogP contribution in [0.15, 0.2) is 60.7 Å². The van der Waals surface area contributed by atoms with Gasteiger partial charge in [0.2, 0.25) is 0 Å². The van der Waals surface area contributed by atoms with Crippen LogP contribution in [-0.4, -0.2) is 5.78 Å². The predicted molar refractivity (Wildman–Crippen MR) is 80.2 cm³/mol. The van der Waals surface area contributed by atoms with Crippen LogP contribution in [0, 0.1) is 17.3 Å². The van der Waals surface area contributed by atoms with Crippen LogP contribution >= 0.6 is 0 Å². The average molecular weight is 260 g/mol. The minimum atomic E-state index is -0.475. The minimum absolute atomic E-state index is 0.176. The first kappa shape index (κ1) is 12.7. The smallest absolute Gasteiger partial charge is 0.148 e. The number of hydrogen-bond acceptors (Lipinski definition) is 1. The Morgan fingerprint density at radius 2 is 1.65 bits per heavy atom. The summed E-state index contributed by atoms with van der Waals surface area (Å²) in [7, 11) is 0. The van der Waals surface area contributed by atoms with E-state index in [-0.39, 0.29) is 11.7 Å². The van der Waals surface area contributed by atoms with E-state index in [1.54, 1.807) is 6.92 Å². The second-order valence-corrected chi connectivity index (χ2v) is 5.31. The van der Waals surface area contributed by atoms with Crippen LogP contribution in [0.4, 0.5) is 0 Å². The van der Waals surface area contributed by atoms with E-state index in [9.17, 15) is 4.79 Å². The van der Waals surface area contributed by atoms with Crippen molar-refractivity contribution >= 4 is 5.78 Å². The molecule has 0 aliphatic heterocycles. The number of carbonyl (C=O) groups excluding carboxylic acids is 1. The quantitative estimate of drug-likeness (QED) is 0.751. The van der Waals surface area contributed by atoms with Crippen molar-refractivity contribution in [2.24, 2.45) is 5.41 Å². The highest BCUT2D eigenvalue weighted by Gasteiger charge is 2.57. The third kappa shape index (κ3) is 2.26. The van der Waals surface area contributed by atoms with E-state index in [4.69, 9.17) is 0 Å². The first-order valence-electron chi connectivity index (χ1n) is 6.86. The average Bonchev–Trinajstić information content (AvgIpc) is 3.23. The lowest BCUT2D eigenvalue weighted by atomic mass is 9.95. The minimum Gasteiger partial charge on any atom is -0.298 e. The Kier molecular flexibility index (Phi) is 3.16. The molecule has 0 amide bonds. The van der Waals surface area contributed by atoms with Gasteiger partial charge >= 0.3 is 0 Å². The zero-order valence-corrected chi connectivity index (χ0v) is 11.5. The summed E-state index contributed by atoms with van der Waals surface area (Å²) in [4.78, 5) is 12.0. The van der Waals surface area contributed by atoms with Crippen LogP contribution in [0.1, 0.15) is 30.4 Å². The Hall–Kier alpha value is -2.33. The molecule has 1 aliphatic rings. The summed E-state index contributed by atoms with van der Waals surface area (Å²) in [6.07, 6.45) is 0.839. The molecule has 98 valence electrons. The van der Waals surface area contributed by atoms with Crippen LogP contribution in [0.25, 0.3) is 0 Å². The molecule has 1 aliphatic carbocycles. The van der Waals surface area contributed by atoms with Gasteiger partial charge in [0, 0.05) is 11.5 Å². The first-order chi connectivity index (χ1) is 9.72. The van der Waals surface area contributed by atoms with Crippen molar-refractivity contribution in [2.75, 3.05) is 0 Å². The Bertz CT molecular complexity index is 676. The van der Waals surface area contributed by atoms with Gasteiger partial charge in [0.25, 0.3) is 0 Å². The fourth-order valence-corrected chi connectivity index (χ4v) is 2.67. The zero-order chi connectivity index (χ0) is 14.0. The van der Waals surface area contributed by atoms with Crippen LogP contribution in [0.3, 0.4) is 0 Å². The van der Waals surface area contributed by atoms with E-state index in [1.807, 2.05) is 48.5 Å². The molecule has 1 nitrogen and oxygen atoms in total. The molecule has 0 aromatic heterocycles. The Morgan fingerprint density at radius 3 is 2.25 bits per heavy atom. The topological polar surface area (TPSA) is 17.1 Å². The number of Topliss-reactive ketones (excluding diaryl/α,β-unsaturated/α-hetero) is 1. The molecule has 0 spiro atoms.